The standard InChI is InChI=1S/C9H13Br2N2O6P/c10-3-5-12(6-4-11)20(16,17)18-7-8-1-2-9(19-8)13(14)15/h1-2H,3-7H2,(H,16,17). The molecule has 0 radical (unpaired) electrons. The molecule has 8 nitrogen and oxygen atoms in total. The van der Waals surface area contributed by atoms with Gasteiger partial charge < -0.3 is 9.31 Å². The number of nitrogens with zero attached hydrogens (tertiary/aromatic N) is 2. The summed E-state index contributed by atoms with van der Waals surface area (Å²) in [5, 5.41) is 11.5. The molecule has 0 bridgehead atoms. The molecule has 20 heavy (non-hydrogen) atoms. The molecule has 1 rings (SSSR count). The van der Waals surface area contributed by atoms with Crippen LogP contribution in [0.4, 0.5) is 5.88 Å². The molecule has 0 fully saturated rings. The summed E-state index contributed by atoms with van der Waals surface area (Å²) in [6, 6.07) is 2.49. The second-order valence-corrected chi connectivity index (χ2v) is 6.98. The lowest BCUT2D eigenvalue weighted by molar-refractivity contribution is -0.402. The van der Waals surface area contributed by atoms with Crippen molar-refractivity contribution in [2.24, 2.45) is 0 Å². The van der Waals surface area contributed by atoms with E-state index in [0.717, 1.165) is 6.07 Å². The fraction of sp³-hybridized carbons (Fsp3) is 0.556. The van der Waals surface area contributed by atoms with E-state index in [4.69, 9.17) is 8.94 Å². The first-order chi connectivity index (χ1) is 9.40. The average Bonchev–Trinajstić information content (AvgIpc) is 2.85. The summed E-state index contributed by atoms with van der Waals surface area (Å²) in [6.07, 6.45) is 0. The molecule has 1 heterocycles. The van der Waals surface area contributed by atoms with Gasteiger partial charge in [-0.1, -0.05) is 31.9 Å². The lowest BCUT2D eigenvalue weighted by Gasteiger charge is -2.24. The smallest absolute Gasteiger partial charge is 0.403 e. The zero-order chi connectivity index (χ0) is 15.2. The largest absolute Gasteiger partial charge is 0.433 e. The molecule has 0 aliphatic heterocycles. The molecule has 1 atom stereocenters. The van der Waals surface area contributed by atoms with Gasteiger partial charge in [-0.25, -0.2) is 9.24 Å². The van der Waals surface area contributed by atoms with Crippen LogP contribution in [-0.4, -0.2) is 38.2 Å². The van der Waals surface area contributed by atoms with Crippen molar-refractivity contribution >= 4 is 45.5 Å². The molecule has 0 aliphatic carbocycles. The van der Waals surface area contributed by atoms with Crippen molar-refractivity contribution in [1.82, 2.24) is 4.67 Å². The molecular weight excluding hydrogens is 423 g/mol. The first kappa shape index (κ1) is 17.8. The molecule has 1 aromatic heterocycles. The van der Waals surface area contributed by atoms with Gasteiger partial charge in [0.2, 0.25) is 0 Å². The van der Waals surface area contributed by atoms with E-state index < -0.39 is 18.6 Å². The van der Waals surface area contributed by atoms with Crippen LogP contribution in [0.3, 0.4) is 0 Å². The van der Waals surface area contributed by atoms with Crippen LogP contribution in [0.1, 0.15) is 5.76 Å². The first-order valence-electron chi connectivity index (χ1n) is 5.48. The van der Waals surface area contributed by atoms with Gasteiger partial charge in [-0.05, 0) is 6.07 Å². The van der Waals surface area contributed by atoms with E-state index in [2.05, 4.69) is 31.9 Å². The van der Waals surface area contributed by atoms with Crippen LogP contribution in [-0.2, 0) is 15.7 Å². The Morgan fingerprint density at radius 1 is 1.40 bits per heavy atom. The number of hydrogen-bond donors (Lipinski definition) is 1. The molecule has 1 aromatic rings. The number of rotatable bonds is 9. The molecule has 1 unspecified atom stereocenters. The number of furan rings is 1. The molecule has 0 saturated heterocycles. The minimum absolute atomic E-state index is 0.114. The lowest BCUT2D eigenvalue weighted by atomic mass is 10.5. The molecule has 0 amide bonds. The Hall–Kier alpha value is -0.250. The summed E-state index contributed by atoms with van der Waals surface area (Å²) in [4.78, 5) is 19.6. The maximum Gasteiger partial charge on any atom is 0.433 e. The van der Waals surface area contributed by atoms with Crippen LogP contribution in [0.15, 0.2) is 16.5 Å². The first-order valence-corrected chi connectivity index (χ1v) is 9.26. The van der Waals surface area contributed by atoms with Crippen LogP contribution in [0, 0.1) is 10.1 Å². The van der Waals surface area contributed by atoms with E-state index in [9.17, 15) is 19.6 Å². The quantitative estimate of drug-likeness (QED) is 0.275. The Bertz CT molecular complexity index is 491. The minimum Gasteiger partial charge on any atom is -0.403 e. The van der Waals surface area contributed by atoms with Crippen molar-refractivity contribution in [2.45, 2.75) is 6.61 Å². The van der Waals surface area contributed by atoms with E-state index in [1.54, 1.807) is 0 Å². The van der Waals surface area contributed by atoms with Crippen molar-refractivity contribution < 1.29 is 23.3 Å². The fourth-order valence-electron chi connectivity index (χ4n) is 1.33. The predicted octanol–water partition coefficient (Wildman–Crippen LogP) is 2.90. The van der Waals surface area contributed by atoms with Gasteiger partial charge in [-0.3, -0.25) is 14.6 Å². The van der Waals surface area contributed by atoms with Crippen LogP contribution >= 0.6 is 39.6 Å². The van der Waals surface area contributed by atoms with Crippen molar-refractivity contribution in [3.05, 3.63) is 28.0 Å². The number of nitro groups is 1. The normalized spacial score (nSPS) is 14.4. The second-order valence-electron chi connectivity index (χ2n) is 3.59. The van der Waals surface area contributed by atoms with Crippen molar-refractivity contribution in [3.63, 3.8) is 0 Å². The van der Waals surface area contributed by atoms with Crippen LogP contribution in [0.5, 0.6) is 0 Å². The number of alkyl halides is 2. The van der Waals surface area contributed by atoms with E-state index in [0.29, 0.717) is 23.7 Å². The Kier molecular flexibility index (Phi) is 7.35. The summed E-state index contributed by atoms with van der Waals surface area (Å²) in [5.74, 6) is -0.322. The molecule has 0 aromatic carbocycles. The fourth-order valence-corrected chi connectivity index (χ4v) is 3.90. The van der Waals surface area contributed by atoms with Crippen LogP contribution < -0.4 is 0 Å². The zero-order valence-corrected chi connectivity index (χ0v) is 14.3. The maximum absolute atomic E-state index is 12.0. The number of halogens is 2. The highest BCUT2D eigenvalue weighted by Crippen LogP contribution is 2.47. The third kappa shape index (κ3) is 5.27. The molecule has 1 N–H and O–H groups in total. The molecule has 114 valence electrons. The maximum atomic E-state index is 12.0. The van der Waals surface area contributed by atoms with Gasteiger partial charge in [0.05, 0.1) is 6.07 Å². The molecule has 0 aliphatic rings. The molecule has 0 spiro atoms. The Labute approximate surface area is 132 Å². The predicted molar refractivity (Wildman–Crippen MR) is 79.1 cm³/mol. The molecular formula is C9H13Br2N2O6P. The highest BCUT2D eigenvalue weighted by Gasteiger charge is 2.29. The second kappa shape index (κ2) is 8.26. The molecule has 0 saturated carbocycles. The van der Waals surface area contributed by atoms with Crippen LogP contribution in [0.25, 0.3) is 0 Å². The van der Waals surface area contributed by atoms with Gasteiger partial charge in [-0.15, -0.1) is 0 Å². The topological polar surface area (TPSA) is 106 Å². The van der Waals surface area contributed by atoms with Crippen molar-refractivity contribution in [1.29, 1.82) is 0 Å². The van der Waals surface area contributed by atoms with E-state index in [1.165, 1.54) is 10.7 Å². The summed E-state index contributed by atoms with van der Waals surface area (Å²) < 4.78 is 23.1. The van der Waals surface area contributed by atoms with Gasteiger partial charge in [-0.2, -0.15) is 0 Å². The summed E-state index contributed by atoms with van der Waals surface area (Å²) in [5.41, 5.74) is 0. The third-order valence-corrected chi connectivity index (χ3v) is 4.53. The summed E-state index contributed by atoms with van der Waals surface area (Å²) >= 11 is 6.38. The minimum atomic E-state index is -3.97. The van der Waals surface area contributed by atoms with Crippen molar-refractivity contribution in [2.75, 3.05) is 23.7 Å². The van der Waals surface area contributed by atoms with E-state index >= 15 is 0 Å². The van der Waals surface area contributed by atoms with Gasteiger partial charge in [0.1, 0.15) is 17.3 Å². The lowest BCUT2D eigenvalue weighted by Crippen LogP contribution is -2.25. The van der Waals surface area contributed by atoms with Gasteiger partial charge in [0, 0.05) is 23.7 Å². The Morgan fingerprint density at radius 3 is 2.45 bits per heavy atom. The van der Waals surface area contributed by atoms with Gasteiger partial charge in [0.25, 0.3) is 0 Å². The Balaban J connectivity index is 2.64. The third-order valence-electron chi connectivity index (χ3n) is 2.25. The molecule has 11 heteroatoms. The highest BCUT2D eigenvalue weighted by atomic mass is 79.9. The Morgan fingerprint density at radius 2 is 2.00 bits per heavy atom. The SMILES string of the molecule is O=[N+]([O-])c1ccc(COP(=O)(O)N(CCBr)CCBr)o1. The van der Waals surface area contributed by atoms with Gasteiger partial charge in [0.15, 0.2) is 0 Å². The highest BCUT2D eigenvalue weighted by molar-refractivity contribution is 9.09. The zero-order valence-electron chi connectivity index (χ0n) is 10.3. The monoisotopic (exact) mass is 434 g/mol. The van der Waals surface area contributed by atoms with E-state index in [1.807, 2.05) is 0 Å². The van der Waals surface area contributed by atoms with E-state index in [-0.39, 0.29) is 12.4 Å². The van der Waals surface area contributed by atoms with Crippen LogP contribution in [0.2, 0.25) is 0 Å². The summed E-state index contributed by atoms with van der Waals surface area (Å²) in [7, 11) is -3.97. The van der Waals surface area contributed by atoms with Crippen molar-refractivity contribution in [3.8, 4) is 0 Å². The van der Waals surface area contributed by atoms with Gasteiger partial charge >= 0.3 is 13.6 Å². The number of hydrogen-bond acceptors (Lipinski definition) is 5. The average molecular weight is 436 g/mol. The summed E-state index contributed by atoms with van der Waals surface area (Å²) in [6.45, 7) is 0.345.